The van der Waals surface area contributed by atoms with Crippen molar-refractivity contribution in [2.75, 3.05) is 13.1 Å². The number of rotatable bonds is 7. The van der Waals surface area contributed by atoms with Gasteiger partial charge < -0.3 is 10.3 Å². The molecule has 1 saturated heterocycles. The van der Waals surface area contributed by atoms with Gasteiger partial charge in [0.05, 0.1) is 5.39 Å². The summed E-state index contributed by atoms with van der Waals surface area (Å²) in [4.78, 5) is 36.7. The first-order chi connectivity index (χ1) is 15.4. The number of thiophene rings is 1. The van der Waals surface area contributed by atoms with E-state index in [4.69, 9.17) is 0 Å². The van der Waals surface area contributed by atoms with Crippen LogP contribution in [-0.4, -0.2) is 33.9 Å². The van der Waals surface area contributed by atoms with Crippen molar-refractivity contribution in [3.05, 3.63) is 62.0 Å². The summed E-state index contributed by atoms with van der Waals surface area (Å²) in [6.07, 6.45) is 3.22. The third-order valence-electron chi connectivity index (χ3n) is 6.54. The van der Waals surface area contributed by atoms with Crippen LogP contribution in [-0.2, 0) is 24.3 Å². The van der Waals surface area contributed by atoms with Gasteiger partial charge in [0.2, 0.25) is 5.91 Å². The molecule has 0 radical (unpaired) electrons. The van der Waals surface area contributed by atoms with Crippen molar-refractivity contribution >= 4 is 27.5 Å². The van der Waals surface area contributed by atoms with Crippen LogP contribution >= 0.6 is 11.3 Å². The molecular weight excluding hydrogens is 420 g/mol. The number of carbonyl (C=O) groups excluding carboxylic acids is 1. The van der Waals surface area contributed by atoms with E-state index >= 15 is 0 Å². The summed E-state index contributed by atoms with van der Waals surface area (Å²) in [5.41, 5.74) is 3.31. The Labute approximate surface area is 193 Å². The fourth-order valence-corrected chi connectivity index (χ4v) is 5.33. The maximum Gasteiger partial charge on any atom is 0.259 e. The van der Waals surface area contributed by atoms with E-state index in [1.54, 1.807) is 0 Å². The minimum Gasteiger partial charge on any atom is -0.352 e. The smallest absolute Gasteiger partial charge is 0.259 e. The van der Waals surface area contributed by atoms with Gasteiger partial charge in [0.15, 0.2) is 0 Å². The van der Waals surface area contributed by atoms with Gasteiger partial charge in [-0.2, -0.15) is 0 Å². The number of nitrogens with zero attached hydrogens (tertiary/aromatic N) is 2. The third-order valence-corrected chi connectivity index (χ3v) is 7.64. The van der Waals surface area contributed by atoms with Crippen LogP contribution in [0.2, 0.25) is 0 Å². The second kappa shape index (κ2) is 9.96. The van der Waals surface area contributed by atoms with Gasteiger partial charge >= 0.3 is 0 Å². The minimum absolute atomic E-state index is 0.0344. The molecule has 3 aromatic rings. The summed E-state index contributed by atoms with van der Waals surface area (Å²) < 4.78 is 0. The Balaban J connectivity index is 1.33. The molecule has 32 heavy (non-hydrogen) atoms. The van der Waals surface area contributed by atoms with Crippen LogP contribution in [0.25, 0.3) is 10.2 Å². The van der Waals surface area contributed by atoms with Crippen molar-refractivity contribution in [2.24, 2.45) is 5.92 Å². The minimum atomic E-state index is -0.117. The van der Waals surface area contributed by atoms with Crippen molar-refractivity contribution in [1.29, 1.82) is 0 Å². The van der Waals surface area contributed by atoms with E-state index < -0.39 is 0 Å². The first-order valence-electron chi connectivity index (χ1n) is 11.5. The Morgan fingerprint density at radius 1 is 1.22 bits per heavy atom. The lowest BCUT2D eigenvalue weighted by Gasteiger charge is -2.30. The van der Waals surface area contributed by atoms with Gasteiger partial charge in [-0.15, -0.1) is 11.3 Å². The molecule has 0 bridgehead atoms. The summed E-state index contributed by atoms with van der Waals surface area (Å²) in [7, 11) is 0. The summed E-state index contributed by atoms with van der Waals surface area (Å²) >= 11 is 1.53. The molecule has 6 nitrogen and oxygen atoms in total. The maximum absolute atomic E-state index is 12.5. The molecule has 4 rings (SSSR count). The zero-order chi connectivity index (χ0) is 22.7. The van der Waals surface area contributed by atoms with Crippen LogP contribution in [0.4, 0.5) is 0 Å². The van der Waals surface area contributed by atoms with E-state index in [1.165, 1.54) is 29.7 Å². The molecule has 7 heteroatoms. The Bertz CT molecular complexity index is 1160. The predicted octanol–water partition coefficient (Wildman–Crippen LogP) is 4.08. The Morgan fingerprint density at radius 3 is 2.69 bits per heavy atom. The van der Waals surface area contributed by atoms with E-state index in [1.807, 2.05) is 19.9 Å². The molecule has 0 atom stereocenters. The molecule has 1 aliphatic heterocycles. The van der Waals surface area contributed by atoms with Gasteiger partial charge in [0, 0.05) is 30.8 Å². The fraction of sp³-hybridized carbons (Fsp3) is 0.480. The molecule has 3 heterocycles. The number of likely N-dealkylation sites (tertiary alicyclic amines) is 1. The number of piperidine rings is 1. The van der Waals surface area contributed by atoms with Crippen molar-refractivity contribution in [1.82, 2.24) is 20.2 Å². The number of amides is 1. The maximum atomic E-state index is 12.5. The summed E-state index contributed by atoms with van der Waals surface area (Å²) in [5, 5.41) is 3.71. The number of benzene rings is 1. The summed E-state index contributed by atoms with van der Waals surface area (Å²) in [5.74, 6) is 1.35. The van der Waals surface area contributed by atoms with Gasteiger partial charge in [-0.25, -0.2) is 4.98 Å². The molecule has 1 amide bonds. The van der Waals surface area contributed by atoms with Crippen molar-refractivity contribution in [2.45, 2.75) is 59.5 Å². The molecule has 0 spiro atoms. The highest BCUT2D eigenvalue weighted by Crippen LogP contribution is 2.25. The molecule has 0 saturated carbocycles. The van der Waals surface area contributed by atoms with E-state index in [0.717, 1.165) is 46.4 Å². The van der Waals surface area contributed by atoms with Gasteiger partial charge in [0.25, 0.3) is 5.56 Å². The number of aromatic amines is 1. The summed E-state index contributed by atoms with van der Waals surface area (Å²) in [6, 6.07) is 8.35. The van der Waals surface area contributed by atoms with E-state index in [0.29, 0.717) is 30.6 Å². The first-order valence-corrected chi connectivity index (χ1v) is 12.3. The Hall–Kier alpha value is -2.51. The lowest BCUT2D eigenvalue weighted by Crippen LogP contribution is -2.33. The number of aryl methyl sites for hydroxylation is 3. The molecule has 0 unspecified atom stereocenters. The number of nitrogens with one attached hydrogen (secondary N) is 2. The largest absolute Gasteiger partial charge is 0.352 e. The van der Waals surface area contributed by atoms with Crippen molar-refractivity contribution < 1.29 is 4.79 Å². The SMILES string of the molecule is Cc1sc2nc(CCC(=O)NCc3ccccc3CN3CCC(C)CC3)[nH]c(=O)c2c1C. The number of aromatic nitrogens is 2. The number of H-pyrrole nitrogens is 1. The average Bonchev–Trinajstić information content (AvgIpc) is 3.07. The molecular formula is C25H32N4O2S. The highest BCUT2D eigenvalue weighted by molar-refractivity contribution is 7.18. The topological polar surface area (TPSA) is 78.1 Å². The van der Waals surface area contributed by atoms with Crippen LogP contribution in [0.5, 0.6) is 0 Å². The van der Waals surface area contributed by atoms with Gasteiger partial charge in [-0.3, -0.25) is 14.5 Å². The van der Waals surface area contributed by atoms with Crippen LogP contribution in [0.1, 0.15) is 53.6 Å². The van der Waals surface area contributed by atoms with Gasteiger partial charge in [-0.05, 0) is 62.4 Å². The van der Waals surface area contributed by atoms with Crippen LogP contribution in [0.3, 0.4) is 0 Å². The molecule has 170 valence electrons. The molecule has 1 fully saturated rings. The van der Waals surface area contributed by atoms with Gasteiger partial charge in [-0.1, -0.05) is 31.2 Å². The number of fused-ring (bicyclic) bond motifs is 1. The predicted molar refractivity (Wildman–Crippen MR) is 130 cm³/mol. The third kappa shape index (κ3) is 5.27. The second-order valence-corrected chi connectivity index (χ2v) is 10.2. The van der Waals surface area contributed by atoms with E-state index in [2.05, 4.69) is 45.3 Å². The standard InChI is InChI=1S/C25H32N4O2S/c1-16-10-12-29(13-11-16)15-20-7-5-4-6-19(20)14-26-22(30)9-8-21-27-24(31)23-17(2)18(3)32-25(23)28-21/h4-7,16H,8-15H2,1-3H3,(H,26,30)(H,27,28,31). The highest BCUT2D eigenvalue weighted by atomic mass is 32.1. The summed E-state index contributed by atoms with van der Waals surface area (Å²) in [6.45, 7) is 10.0. The molecule has 2 N–H and O–H groups in total. The van der Waals surface area contributed by atoms with Gasteiger partial charge in [0.1, 0.15) is 10.7 Å². The molecule has 1 aromatic carbocycles. The lowest BCUT2D eigenvalue weighted by molar-refractivity contribution is -0.121. The van der Waals surface area contributed by atoms with E-state index in [-0.39, 0.29) is 11.5 Å². The zero-order valence-electron chi connectivity index (χ0n) is 19.2. The number of hydrogen-bond donors (Lipinski definition) is 2. The Morgan fingerprint density at radius 2 is 1.94 bits per heavy atom. The molecule has 0 aliphatic carbocycles. The quantitative estimate of drug-likeness (QED) is 0.566. The van der Waals surface area contributed by atoms with Crippen molar-refractivity contribution in [3.8, 4) is 0 Å². The second-order valence-electron chi connectivity index (χ2n) is 8.98. The molecule has 2 aromatic heterocycles. The fourth-order valence-electron chi connectivity index (χ4n) is 4.28. The van der Waals surface area contributed by atoms with Crippen molar-refractivity contribution in [3.63, 3.8) is 0 Å². The number of carbonyl (C=O) groups is 1. The number of hydrogen-bond acceptors (Lipinski definition) is 5. The zero-order valence-corrected chi connectivity index (χ0v) is 20.0. The molecule has 1 aliphatic rings. The van der Waals surface area contributed by atoms with Crippen LogP contribution in [0.15, 0.2) is 29.1 Å². The highest BCUT2D eigenvalue weighted by Gasteiger charge is 2.17. The van der Waals surface area contributed by atoms with E-state index in [9.17, 15) is 9.59 Å². The average molecular weight is 453 g/mol. The van der Waals surface area contributed by atoms with Crippen LogP contribution in [0, 0.1) is 19.8 Å². The Kier molecular flexibility index (Phi) is 7.06. The van der Waals surface area contributed by atoms with Crippen LogP contribution < -0.4 is 10.9 Å². The first kappa shape index (κ1) is 22.7. The normalized spacial score (nSPS) is 15.3. The monoisotopic (exact) mass is 452 g/mol. The lowest BCUT2D eigenvalue weighted by atomic mass is 9.98.